The molecule has 1 fully saturated rings. The first-order chi connectivity index (χ1) is 10.5. The summed E-state index contributed by atoms with van der Waals surface area (Å²) in [6, 6.07) is 10.5. The number of hydrogen-bond donors (Lipinski definition) is 0. The first-order valence-electron chi connectivity index (χ1n) is 8.55. The molecule has 0 amide bonds. The molecule has 0 saturated carbocycles. The van der Waals surface area contributed by atoms with Crippen LogP contribution in [0, 0.1) is 0 Å². The lowest BCUT2D eigenvalue weighted by atomic mass is 9.70. The first kappa shape index (κ1) is 18.7. The monoisotopic (exact) mass is 334 g/mol. The minimum atomic E-state index is -1.94. The maximum atomic E-state index is 6.51. The van der Waals surface area contributed by atoms with Gasteiger partial charge in [0.15, 0.2) is 0 Å². The average molecular weight is 334 g/mol. The Hall–Kier alpha value is -0.618. The summed E-state index contributed by atoms with van der Waals surface area (Å²) in [6.07, 6.45) is 0.0755. The molecule has 23 heavy (non-hydrogen) atoms. The quantitative estimate of drug-likeness (QED) is 0.762. The van der Waals surface area contributed by atoms with Gasteiger partial charge in [-0.3, -0.25) is 0 Å². The van der Waals surface area contributed by atoms with Crippen molar-refractivity contribution < 1.29 is 13.7 Å². The van der Waals surface area contributed by atoms with Crippen LogP contribution in [-0.2, 0) is 13.7 Å². The third-order valence-electron chi connectivity index (χ3n) is 5.39. The van der Waals surface area contributed by atoms with E-state index in [9.17, 15) is 0 Å². The molecular weight excluding hydrogens is 303 g/mol. The SMILES string of the molecule is C[C@H](O[Si](C)(C)c1ccccc1)[C@H](C)B1OC(C)(C)C(C)(C)O1. The lowest BCUT2D eigenvalue weighted by Crippen LogP contribution is -2.48. The molecule has 1 saturated heterocycles. The molecule has 1 aliphatic heterocycles. The Balaban J connectivity index is 2.05. The van der Waals surface area contributed by atoms with Crippen molar-refractivity contribution >= 4 is 20.6 Å². The van der Waals surface area contributed by atoms with E-state index in [-0.39, 0.29) is 30.2 Å². The summed E-state index contributed by atoms with van der Waals surface area (Å²) < 4.78 is 18.9. The largest absolute Gasteiger partial charge is 0.463 e. The van der Waals surface area contributed by atoms with Crippen LogP contribution in [0.1, 0.15) is 41.5 Å². The summed E-state index contributed by atoms with van der Waals surface area (Å²) in [4.78, 5) is 0. The van der Waals surface area contributed by atoms with Crippen molar-refractivity contribution in [2.75, 3.05) is 0 Å². The third kappa shape index (κ3) is 3.90. The molecule has 0 N–H and O–H groups in total. The summed E-state index contributed by atoms with van der Waals surface area (Å²) in [5.41, 5.74) is -0.587. The highest BCUT2D eigenvalue weighted by Crippen LogP contribution is 2.41. The molecule has 0 unspecified atom stereocenters. The van der Waals surface area contributed by atoms with Crippen LogP contribution in [-0.4, -0.2) is 32.7 Å². The predicted octanol–water partition coefficient (Wildman–Crippen LogP) is 3.99. The van der Waals surface area contributed by atoms with E-state index in [1.165, 1.54) is 5.19 Å². The summed E-state index contributed by atoms with van der Waals surface area (Å²) >= 11 is 0. The molecule has 0 bridgehead atoms. The van der Waals surface area contributed by atoms with Crippen LogP contribution in [0.15, 0.2) is 30.3 Å². The molecule has 0 spiro atoms. The van der Waals surface area contributed by atoms with Crippen molar-refractivity contribution in [3.63, 3.8) is 0 Å². The molecule has 1 aromatic carbocycles. The van der Waals surface area contributed by atoms with Crippen molar-refractivity contribution in [3.05, 3.63) is 30.3 Å². The number of hydrogen-bond acceptors (Lipinski definition) is 3. The van der Waals surface area contributed by atoms with Gasteiger partial charge in [-0.05, 0) is 52.9 Å². The van der Waals surface area contributed by atoms with E-state index in [0.717, 1.165) is 0 Å². The summed E-state index contributed by atoms with van der Waals surface area (Å²) in [5.74, 6) is 0.173. The minimum absolute atomic E-state index is 0.0755. The molecule has 2 atom stereocenters. The maximum Gasteiger partial charge on any atom is 0.463 e. The van der Waals surface area contributed by atoms with Crippen molar-refractivity contribution in [1.29, 1.82) is 0 Å². The van der Waals surface area contributed by atoms with Crippen LogP contribution in [0.2, 0.25) is 18.9 Å². The van der Waals surface area contributed by atoms with Crippen molar-refractivity contribution in [2.45, 2.75) is 77.8 Å². The highest BCUT2D eigenvalue weighted by Gasteiger charge is 2.54. The molecule has 0 radical (unpaired) electrons. The summed E-state index contributed by atoms with van der Waals surface area (Å²) in [5, 5.41) is 1.31. The van der Waals surface area contributed by atoms with Crippen LogP contribution >= 0.6 is 0 Å². The van der Waals surface area contributed by atoms with E-state index < -0.39 is 8.32 Å². The molecule has 128 valence electrons. The van der Waals surface area contributed by atoms with Crippen LogP contribution in [0.4, 0.5) is 0 Å². The molecular formula is C18H31BO3Si. The maximum absolute atomic E-state index is 6.51. The Morgan fingerprint density at radius 2 is 1.43 bits per heavy atom. The van der Waals surface area contributed by atoms with E-state index in [2.05, 4.69) is 78.9 Å². The minimum Gasteiger partial charge on any atom is -0.411 e. The van der Waals surface area contributed by atoms with Gasteiger partial charge in [0.05, 0.1) is 11.2 Å². The fourth-order valence-corrected chi connectivity index (χ4v) is 5.08. The lowest BCUT2D eigenvalue weighted by molar-refractivity contribution is 0.00578. The van der Waals surface area contributed by atoms with Crippen molar-refractivity contribution in [3.8, 4) is 0 Å². The zero-order valence-corrected chi connectivity index (χ0v) is 16.8. The van der Waals surface area contributed by atoms with Crippen LogP contribution < -0.4 is 5.19 Å². The molecule has 1 aliphatic rings. The van der Waals surface area contributed by atoms with E-state index >= 15 is 0 Å². The topological polar surface area (TPSA) is 27.7 Å². The molecule has 2 rings (SSSR count). The van der Waals surface area contributed by atoms with Gasteiger partial charge in [-0.25, -0.2) is 0 Å². The summed E-state index contributed by atoms with van der Waals surface area (Å²) in [7, 11) is -2.17. The van der Waals surface area contributed by atoms with Gasteiger partial charge in [-0.2, -0.15) is 0 Å². The fraction of sp³-hybridized carbons (Fsp3) is 0.667. The Kier molecular flexibility index (Phi) is 5.17. The van der Waals surface area contributed by atoms with Gasteiger partial charge in [-0.15, -0.1) is 0 Å². The molecule has 0 aliphatic carbocycles. The van der Waals surface area contributed by atoms with Gasteiger partial charge in [0, 0.05) is 11.9 Å². The van der Waals surface area contributed by atoms with E-state index in [0.29, 0.717) is 0 Å². The van der Waals surface area contributed by atoms with E-state index in [1.807, 2.05) is 6.07 Å². The Morgan fingerprint density at radius 3 is 1.91 bits per heavy atom. The highest BCUT2D eigenvalue weighted by molar-refractivity contribution is 6.84. The molecule has 5 heteroatoms. The lowest BCUT2D eigenvalue weighted by Gasteiger charge is -2.32. The zero-order valence-electron chi connectivity index (χ0n) is 15.8. The normalized spacial score (nSPS) is 22.9. The number of benzene rings is 1. The molecule has 0 aromatic heterocycles. The highest BCUT2D eigenvalue weighted by atomic mass is 28.4. The second kappa shape index (κ2) is 6.36. The fourth-order valence-electron chi connectivity index (χ4n) is 2.80. The van der Waals surface area contributed by atoms with Gasteiger partial charge in [0.1, 0.15) is 0 Å². The van der Waals surface area contributed by atoms with Crippen molar-refractivity contribution in [2.24, 2.45) is 0 Å². The van der Waals surface area contributed by atoms with Gasteiger partial charge in [-0.1, -0.05) is 37.3 Å². The van der Waals surface area contributed by atoms with Gasteiger partial charge < -0.3 is 13.7 Å². The average Bonchev–Trinajstić information content (AvgIpc) is 2.67. The van der Waals surface area contributed by atoms with E-state index in [1.54, 1.807) is 0 Å². The molecule has 1 heterocycles. The summed E-state index contributed by atoms with van der Waals surface area (Å²) in [6.45, 7) is 17.1. The van der Waals surface area contributed by atoms with Crippen molar-refractivity contribution in [1.82, 2.24) is 0 Å². The zero-order chi connectivity index (χ0) is 17.5. The van der Waals surface area contributed by atoms with E-state index in [4.69, 9.17) is 13.7 Å². The van der Waals surface area contributed by atoms with Gasteiger partial charge in [0.25, 0.3) is 0 Å². The number of rotatable bonds is 5. The smallest absolute Gasteiger partial charge is 0.411 e. The second-order valence-electron chi connectivity index (χ2n) is 8.18. The first-order valence-corrected chi connectivity index (χ1v) is 11.5. The Morgan fingerprint density at radius 1 is 0.957 bits per heavy atom. The van der Waals surface area contributed by atoms with Crippen LogP contribution in [0.25, 0.3) is 0 Å². The van der Waals surface area contributed by atoms with Crippen LogP contribution in [0.3, 0.4) is 0 Å². The Bertz CT molecular complexity index is 514. The molecule has 3 nitrogen and oxygen atoms in total. The Labute approximate surface area is 143 Å². The van der Waals surface area contributed by atoms with Crippen LogP contribution in [0.5, 0.6) is 0 Å². The predicted molar refractivity (Wildman–Crippen MR) is 99.6 cm³/mol. The van der Waals surface area contributed by atoms with Gasteiger partial charge in [0.2, 0.25) is 8.32 Å². The molecule has 1 aromatic rings. The standard InChI is InChI=1S/C18H31BO3Si/c1-14(19-21-17(3,4)18(5,6)22-19)15(2)20-23(7,8)16-12-10-9-11-13-16/h9-15H,1-8H3/t14-,15-/m0/s1. The second-order valence-corrected chi connectivity index (χ2v) is 12.0. The third-order valence-corrected chi connectivity index (χ3v) is 8.08. The van der Waals surface area contributed by atoms with Gasteiger partial charge >= 0.3 is 7.12 Å².